The summed E-state index contributed by atoms with van der Waals surface area (Å²) in [6.07, 6.45) is 5.46. The number of hydrogen-bond donors (Lipinski definition) is 2. The summed E-state index contributed by atoms with van der Waals surface area (Å²) in [4.78, 5) is 0. The molecule has 2 rings (SSSR count). The summed E-state index contributed by atoms with van der Waals surface area (Å²) in [5, 5.41) is 13.0. The van der Waals surface area contributed by atoms with Crippen molar-refractivity contribution in [2.75, 3.05) is 13.2 Å². The van der Waals surface area contributed by atoms with Crippen LogP contribution in [0.3, 0.4) is 0 Å². The zero-order valence-electron chi connectivity index (χ0n) is 12.9. The van der Waals surface area contributed by atoms with Crippen LogP contribution in [0.4, 0.5) is 8.78 Å². The molecule has 1 aromatic rings. The van der Waals surface area contributed by atoms with Crippen LogP contribution in [0.15, 0.2) is 12.1 Å². The Morgan fingerprint density at radius 3 is 2.48 bits per heavy atom. The molecule has 4 heteroatoms. The molecule has 0 saturated heterocycles. The van der Waals surface area contributed by atoms with Gasteiger partial charge in [0, 0.05) is 30.2 Å². The molecule has 0 radical (unpaired) electrons. The third kappa shape index (κ3) is 3.80. The predicted molar refractivity (Wildman–Crippen MR) is 80.1 cm³/mol. The van der Waals surface area contributed by atoms with Crippen molar-refractivity contribution in [2.24, 2.45) is 5.41 Å². The molecule has 0 heterocycles. The molecule has 1 aliphatic rings. The van der Waals surface area contributed by atoms with Crippen LogP contribution in [-0.2, 0) is 0 Å². The van der Waals surface area contributed by atoms with Gasteiger partial charge in [0.25, 0.3) is 0 Å². The van der Waals surface area contributed by atoms with Crippen LogP contribution in [0.2, 0.25) is 0 Å². The fourth-order valence-electron chi connectivity index (χ4n) is 3.17. The highest BCUT2D eigenvalue weighted by atomic mass is 19.1. The van der Waals surface area contributed by atoms with Crippen molar-refractivity contribution < 1.29 is 13.9 Å². The Balaban J connectivity index is 2.04. The first-order chi connectivity index (χ1) is 9.97. The molecule has 1 unspecified atom stereocenters. The van der Waals surface area contributed by atoms with Gasteiger partial charge in [-0.1, -0.05) is 19.3 Å². The second-order valence-corrected chi connectivity index (χ2v) is 6.44. The molecule has 118 valence electrons. The van der Waals surface area contributed by atoms with E-state index in [0.29, 0.717) is 17.7 Å². The van der Waals surface area contributed by atoms with E-state index in [1.165, 1.54) is 18.6 Å². The zero-order valence-corrected chi connectivity index (χ0v) is 12.9. The molecule has 0 aliphatic heterocycles. The normalized spacial score (nSPS) is 19.5. The molecule has 0 aromatic heterocycles. The summed E-state index contributed by atoms with van der Waals surface area (Å²) in [5.74, 6) is -0.759. The molecule has 1 aliphatic carbocycles. The number of aliphatic hydroxyl groups is 1. The summed E-state index contributed by atoms with van der Waals surface area (Å²) < 4.78 is 27.6. The molecule has 21 heavy (non-hydrogen) atoms. The minimum atomic E-state index is -0.380. The van der Waals surface area contributed by atoms with E-state index in [-0.39, 0.29) is 29.7 Å². The summed E-state index contributed by atoms with van der Waals surface area (Å²) in [7, 11) is 0. The van der Waals surface area contributed by atoms with Crippen molar-refractivity contribution in [3.05, 3.63) is 34.9 Å². The van der Waals surface area contributed by atoms with E-state index in [1.54, 1.807) is 6.92 Å². The fraction of sp³-hybridized carbons (Fsp3) is 0.647. The van der Waals surface area contributed by atoms with Crippen LogP contribution in [-0.4, -0.2) is 18.3 Å². The average Bonchev–Trinajstić information content (AvgIpc) is 2.49. The summed E-state index contributed by atoms with van der Waals surface area (Å²) in [5.41, 5.74) is 0.566. The van der Waals surface area contributed by atoms with Crippen molar-refractivity contribution in [1.29, 1.82) is 0 Å². The van der Waals surface area contributed by atoms with E-state index in [2.05, 4.69) is 5.32 Å². The summed E-state index contributed by atoms with van der Waals surface area (Å²) >= 11 is 0. The van der Waals surface area contributed by atoms with E-state index in [0.717, 1.165) is 25.7 Å². The molecular weight excluding hydrogens is 272 g/mol. The van der Waals surface area contributed by atoms with E-state index in [4.69, 9.17) is 0 Å². The van der Waals surface area contributed by atoms with E-state index < -0.39 is 0 Å². The number of hydrogen-bond acceptors (Lipinski definition) is 2. The Bertz CT molecular complexity index is 484. The maximum Gasteiger partial charge on any atom is 0.128 e. The average molecular weight is 297 g/mol. The number of aliphatic hydroxyl groups excluding tert-OH is 1. The van der Waals surface area contributed by atoms with E-state index in [9.17, 15) is 13.9 Å². The van der Waals surface area contributed by atoms with Gasteiger partial charge in [0.05, 0.1) is 0 Å². The lowest BCUT2D eigenvalue weighted by atomic mass is 9.74. The molecule has 1 atom stereocenters. The molecule has 2 nitrogen and oxygen atoms in total. The molecule has 1 saturated carbocycles. The van der Waals surface area contributed by atoms with Crippen LogP contribution in [0.1, 0.15) is 56.2 Å². The van der Waals surface area contributed by atoms with Gasteiger partial charge in [0.1, 0.15) is 11.6 Å². The summed E-state index contributed by atoms with van der Waals surface area (Å²) in [6, 6.07) is 2.24. The predicted octanol–water partition coefficient (Wildman–Crippen LogP) is 3.87. The number of rotatable bonds is 5. The SMILES string of the molecule is Cc1cc(F)c(C(C)NCC2(CO)CCCCC2)cc1F. The second kappa shape index (κ2) is 6.84. The Morgan fingerprint density at radius 1 is 1.19 bits per heavy atom. The van der Waals surface area contributed by atoms with E-state index in [1.807, 2.05) is 6.92 Å². The van der Waals surface area contributed by atoms with Crippen LogP contribution < -0.4 is 5.32 Å². The fourth-order valence-corrected chi connectivity index (χ4v) is 3.17. The highest BCUT2D eigenvalue weighted by molar-refractivity contribution is 5.27. The van der Waals surface area contributed by atoms with Gasteiger partial charge in [0.2, 0.25) is 0 Å². The monoisotopic (exact) mass is 297 g/mol. The minimum Gasteiger partial charge on any atom is -0.396 e. The van der Waals surface area contributed by atoms with Crippen molar-refractivity contribution in [3.63, 3.8) is 0 Å². The first-order valence-electron chi connectivity index (χ1n) is 7.77. The van der Waals surface area contributed by atoms with Crippen LogP contribution in [0, 0.1) is 24.0 Å². The second-order valence-electron chi connectivity index (χ2n) is 6.44. The smallest absolute Gasteiger partial charge is 0.128 e. The molecule has 1 aromatic carbocycles. The molecule has 0 amide bonds. The number of aryl methyl sites for hydroxylation is 1. The topological polar surface area (TPSA) is 32.3 Å². The largest absolute Gasteiger partial charge is 0.396 e. The van der Waals surface area contributed by atoms with Gasteiger partial charge in [0.15, 0.2) is 0 Å². The van der Waals surface area contributed by atoms with Gasteiger partial charge in [-0.2, -0.15) is 0 Å². The van der Waals surface area contributed by atoms with Crippen LogP contribution in [0.25, 0.3) is 0 Å². The zero-order chi connectivity index (χ0) is 15.5. The van der Waals surface area contributed by atoms with Gasteiger partial charge >= 0.3 is 0 Å². The first kappa shape index (κ1) is 16.4. The Hall–Kier alpha value is -1.00. The number of nitrogens with one attached hydrogen (secondary N) is 1. The Labute approximate surface area is 125 Å². The van der Waals surface area contributed by atoms with Gasteiger partial charge in [-0.15, -0.1) is 0 Å². The molecule has 0 spiro atoms. The van der Waals surface area contributed by atoms with Crippen molar-refractivity contribution >= 4 is 0 Å². The first-order valence-corrected chi connectivity index (χ1v) is 7.77. The van der Waals surface area contributed by atoms with Crippen molar-refractivity contribution in [1.82, 2.24) is 5.32 Å². The van der Waals surface area contributed by atoms with Gasteiger partial charge in [-0.05, 0) is 44.4 Å². The third-order valence-corrected chi connectivity index (χ3v) is 4.78. The van der Waals surface area contributed by atoms with Crippen molar-refractivity contribution in [2.45, 2.75) is 52.0 Å². The standard InChI is InChI=1S/C17H25F2NO/c1-12-8-16(19)14(9-15(12)18)13(2)20-10-17(11-21)6-4-3-5-7-17/h8-9,13,20-21H,3-7,10-11H2,1-2H3. The lowest BCUT2D eigenvalue weighted by molar-refractivity contribution is 0.0787. The number of benzene rings is 1. The number of halogens is 2. The maximum atomic E-state index is 14.0. The van der Waals surface area contributed by atoms with Crippen molar-refractivity contribution in [3.8, 4) is 0 Å². The third-order valence-electron chi connectivity index (χ3n) is 4.78. The van der Waals surface area contributed by atoms with Crippen LogP contribution >= 0.6 is 0 Å². The highest BCUT2D eigenvalue weighted by Crippen LogP contribution is 2.35. The molecular formula is C17H25F2NO. The molecule has 1 fully saturated rings. The van der Waals surface area contributed by atoms with Gasteiger partial charge < -0.3 is 10.4 Å². The Kier molecular flexibility index (Phi) is 5.33. The Morgan fingerprint density at radius 2 is 1.86 bits per heavy atom. The van der Waals surface area contributed by atoms with Gasteiger partial charge in [-0.25, -0.2) is 8.78 Å². The lowest BCUT2D eigenvalue weighted by Crippen LogP contribution is -2.40. The molecule has 0 bridgehead atoms. The minimum absolute atomic E-state index is 0.105. The van der Waals surface area contributed by atoms with E-state index >= 15 is 0 Å². The molecule has 2 N–H and O–H groups in total. The quantitative estimate of drug-likeness (QED) is 0.865. The van der Waals surface area contributed by atoms with Gasteiger partial charge in [-0.3, -0.25) is 0 Å². The lowest BCUT2D eigenvalue weighted by Gasteiger charge is -2.36. The summed E-state index contributed by atoms with van der Waals surface area (Å²) in [6.45, 7) is 4.18. The maximum absolute atomic E-state index is 14.0. The van der Waals surface area contributed by atoms with Crippen LogP contribution in [0.5, 0.6) is 0 Å². The highest BCUT2D eigenvalue weighted by Gasteiger charge is 2.31.